The fraction of sp³-hybridized carbons (Fsp3) is 0.812. The van der Waals surface area contributed by atoms with E-state index in [1.807, 2.05) is 6.26 Å². The molecule has 1 aromatic heterocycles. The van der Waals surface area contributed by atoms with Crippen molar-refractivity contribution in [1.82, 2.24) is 10.2 Å². The van der Waals surface area contributed by atoms with E-state index in [9.17, 15) is 4.79 Å². The number of rotatable bonds is 7. The molecule has 1 aliphatic carbocycles. The maximum atomic E-state index is 12.2. The van der Waals surface area contributed by atoms with Gasteiger partial charge in [0, 0.05) is 0 Å². The SMILES string of the molecule is CSCc1nnc(SCC(=O)OC2CC(C)CCC2C(C)C)o1. The minimum absolute atomic E-state index is 0.0431. The van der Waals surface area contributed by atoms with Crippen LogP contribution >= 0.6 is 23.5 Å². The molecule has 3 unspecified atom stereocenters. The van der Waals surface area contributed by atoms with Gasteiger partial charge in [0.15, 0.2) is 0 Å². The number of ether oxygens (including phenoxy) is 1. The third-order valence-corrected chi connectivity index (χ3v) is 5.60. The smallest absolute Gasteiger partial charge is 0.316 e. The number of thioether (sulfide) groups is 2. The summed E-state index contributed by atoms with van der Waals surface area (Å²) in [7, 11) is 0. The lowest BCUT2D eigenvalue weighted by Gasteiger charge is -2.36. The van der Waals surface area contributed by atoms with Crippen molar-refractivity contribution in [3.63, 3.8) is 0 Å². The maximum Gasteiger partial charge on any atom is 0.316 e. The molecule has 130 valence electrons. The van der Waals surface area contributed by atoms with Crippen molar-refractivity contribution in [1.29, 1.82) is 0 Å². The van der Waals surface area contributed by atoms with Gasteiger partial charge < -0.3 is 9.15 Å². The molecule has 0 aromatic carbocycles. The minimum atomic E-state index is -0.190. The quantitative estimate of drug-likeness (QED) is 0.538. The van der Waals surface area contributed by atoms with Crippen LogP contribution in [0.1, 0.15) is 45.9 Å². The number of esters is 1. The lowest BCUT2D eigenvalue weighted by atomic mass is 9.75. The van der Waals surface area contributed by atoms with Gasteiger partial charge in [-0.3, -0.25) is 4.79 Å². The van der Waals surface area contributed by atoms with Gasteiger partial charge >= 0.3 is 5.97 Å². The number of hydrogen-bond acceptors (Lipinski definition) is 7. The zero-order valence-corrected chi connectivity index (χ0v) is 15.9. The van der Waals surface area contributed by atoms with Crippen LogP contribution in [-0.4, -0.2) is 34.3 Å². The van der Waals surface area contributed by atoms with Gasteiger partial charge in [0.2, 0.25) is 5.89 Å². The Balaban J connectivity index is 1.82. The number of hydrogen-bond donors (Lipinski definition) is 0. The second kappa shape index (κ2) is 8.97. The van der Waals surface area contributed by atoms with E-state index in [0.717, 1.165) is 12.8 Å². The van der Waals surface area contributed by atoms with Crippen molar-refractivity contribution in [3.05, 3.63) is 5.89 Å². The summed E-state index contributed by atoms with van der Waals surface area (Å²) in [5.74, 6) is 2.94. The molecule has 2 rings (SSSR count). The van der Waals surface area contributed by atoms with Crippen LogP contribution in [0, 0.1) is 17.8 Å². The summed E-state index contributed by atoms with van der Waals surface area (Å²) in [6.07, 6.45) is 5.36. The second-order valence-electron chi connectivity index (χ2n) is 6.54. The normalized spacial score (nSPS) is 24.8. The summed E-state index contributed by atoms with van der Waals surface area (Å²) in [5.41, 5.74) is 0. The van der Waals surface area contributed by atoms with E-state index in [4.69, 9.17) is 9.15 Å². The molecular formula is C16H26N2O3S2. The van der Waals surface area contributed by atoms with E-state index < -0.39 is 0 Å². The predicted molar refractivity (Wildman–Crippen MR) is 93.5 cm³/mol. The topological polar surface area (TPSA) is 65.2 Å². The Morgan fingerprint density at radius 1 is 1.39 bits per heavy atom. The van der Waals surface area contributed by atoms with Crippen molar-refractivity contribution < 1.29 is 13.9 Å². The summed E-state index contributed by atoms with van der Waals surface area (Å²) in [6, 6.07) is 0. The third kappa shape index (κ3) is 5.71. The van der Waals surface area contributed by atoms with E-state index >= 15 is 0 Å². The molecule has 1 aromatic rings. The van der Waals surface area contributed by atoms with Crippen LogP contribution in [0.5, 0.6) is 0 Å². The van der Waals surface area contributed by atoms with Gasteiger partial charge in [0.1, 0.15) is 11.9 Å². The first-order chi connectivity index (χ1) is 11.0. The van der Waals surface area contributed by atoms with Crippen molar-refractivity contribution in [2.45, 2.75) is 57.1 Å². The van der Waals surface area contributed by atoms with Gasteiger partial charge in [-0.15, -0.1) is 10.2 Å². The molecule has 1 saturated carbocycles. The van der Waals surface area contributed by atoms with Crippen LogP contribution in [0.3, 0.4) is 0 Å². The Labute approximate surface area is 146 Å². The lowest BCUT2D eigenvalue weighted by molar-refractivity contribution is -0.152. The monoisotopic (exact) mass is 358 g/mol. The summed E-state index contributed by atoms with van der Waals surface area (Å²) in [5, 5.41) is 8.30. The standard InChI is InChI=1S/C16H26N2O3S2/c1-10(2)12-6-5-11(3)7-13(12)20-15(19)9-23-16-18-17-14(21-16)8-22-4/h10-13H,5-9H2,1-4H3. The minimum Gasteiger partial charge on any atom is -0.461 e. The molecule has 0 aliphatic heterocycles. The molecule has 1 heterocycles. The first-order valence-corrected chi connectivity index (χ1v) is 10.5. The molecule has 3 atom stereocenters. The van der Waals surface area contributed by atoms with E-state index in [2.05, 4.69) is 31.0 Å². The van der Waals surface area contributed by atoms with Gasteiger partial charge in [-0.25, -0.2) is 0 Å². The molecule has 5 nitrogen and oxygen atoms in total. The van der Waals surface area contributed by atoms with Crippen LogP contribution in [0.15, 0.2) is 9.64 Å². The van der Waals surface area contributed by atoms with Crippen LogP contribution in [0.2, 0.25) is 0 Å². The highest BCUT2D eigenvalue weighted by molar-refractivity contribution is 7.99. The van der Waals surface area contributed by atoms with Crippen LogP contribution < -0.4 is 0 Å². The molecule has 0 spiro atoms. The Kier molecular flexibility index (Phi) is 7.27. The molecule has 0 amide bonds. The van der Waals surface area contributed by atoms with E-state index in [0.29, 0.717) is 34.6 Å². The molecule has 0 bridgehead atoms. The Hall–Kier alpha value is -0.690. The zero-order valence-electron chi connectivity index (χ0n) is 14.3. The summed E-state index contributed by atoms with van der Waals surface area (Å²) >= 11 is 2.87. The number of carbonyl (C=O) groups excluding carboxylic acids is 1. The van der Waals surface area contributed by atoms with Crippen molar-refractivity contribution >= 4 is 29.5 Å². The van der Waals surface area contributed by atoms with Gasteiger partial charge in [0.05, 0.1) is 5.75 Å². The Morgan fingerprint density at radius 3 is 2.87 bits per heavy atom. The highest BCUT2D eigenvalue weighted by Crippen LogP contribution is 2.35. The molecule has 7 heteroatoms. The summed E-state index contributed by atoms with van der Waals surface area (Å²) < 4.78 is 11.2. The number of carbonyl (C=O) groups is 1. The average molecular weight is 359 g/mol. The van der Waals surface area contributed by atoms with Gasteiger partial charge in [-0.1, -0.05) is 39.0 Å². The first-order valence-electron chi connectivity index (χ1n) is 8.13. The van der Waals surface area contributed by atoms with Crippen molar-refractivity contribution in [3.8, 4) is 0 Å². The fourth-order valence-corrected chi connectivity index (χ4v) is 3.98. The molecule has 23 heavy (non-hydrogen) atoms. The molecule has 0 N–H and O–H groups in total. The van der Waals surface area contributed by atoms with Gasteiger partial charge in [0.25, 0.3) is 5.22 Å². The summed E-state index contributed by atoms with van der Waals surface area (Å²) in [6.45, 7) is 6.65. The molecule has 1 aliphatic rings. The number of aromatic nitrogens is 2. The zero-order chi connectivity index (χ0) is 16.8. The highest BCUT2D eigenvalue weighted by atomic mass is 32.2. The van der Waals surface area contributed by atoms with Gasteiger partial charge in [-0.2, -0.15) is 11.8 Å². The second-order valence-corrected chi connectivity index (χ2v) is 8.33. The fourth-order valence-electron chi connectivity index (χ4n) is 3.05. The van der Waals surface area contributed by atoms with Crippen molar-refractivity contribution in [2.75, 3.05) is 12.0 Å². The Bertz CT molecular complexity index is 507. The average Bonchev–Trinajstić information content (AvgIpc) is 2.93. The predicted octanol–water partition coefficient (Wildman–Crippen LogP) is 4.03. The third-order valence-electron chi connectivity index (χ3n) is 4.27. The maximum absolute atomic E-state index is 12.2. The molecule has 1 fully saturated rings. The highest BCUT2D eigenvalue weighted by Gasteiger charge is 2.33. The molecule has 0 radical (unpaired) electrons. The van der Waals surface area contributed by atoms with Crippen LogP contribution in [0.25, 0.3) is 0 Å². The van der Waals surface area contributed by atoms with E-state index in [1.165, 1.54) is 18.2 Å². The van der Waals surface area contributed by atoms with E-state index in [-0.39, 0.29) is 17.8 Å². The lowest BCUT2D eigenvalue weighted by Crippen LogP contribution is -2.36. The van der Waals surface area contributed by atoms with Crippen LogP contribution in [-0.2, 0) is 15.3 Å². The summed E-state index contributed by atoms with van der Waals surface area (Å²) in [4.78, 5) is 12.2. The largest absolute Gasteiger partial charge is 0.461 e. The van der Waals surface area contributed by atoms with Crippen LogP contribution in [0.4, 0.5) is 0 Å². The van der Waals surface area contributed by atoms with Gasteiger partial charge in [-0.05, 0) is 36.9 Å². The molecule has 0 saturated heterocycles. The first kappa shape index (κ1) is 18.6. The molecular weight excluding hydrogens is 332 g/mol. The Morgan fingerprint density at radius 2 is 2.17 bits per heavy atom. The van der Waals surface area contributed by atoms with Crippen molar-refractivity contribution in [2.24, 2.45) is 17.8 Å². The van der Waals surface area contributed by atoms with E-state index in [1.54, 1.807) is 11.8 Å². The number of nitrogens with zero attached hydrogens (tertiary/aromatic N) is 2.